The molecular formula is C11H11N3O6. The number of nitrogens with zero attached hydrogens (tertiary/aromatic N) is 2. The molecule has 0 aromatic heterocycles. The fraction of sp³-hybridized carbons (Fsp3) is 0.182. The van der Waals surface area contributed by atoms with Gasteiger partial charge in [0.25, 0.3) is 11.6 Å². The number of carbonyl (C=O) groups is 2. The van der Waals surface area contributed by atoms with Crippen LogP contribution in [0.25, 0.3) is 0 Å². The van der Waals surface area contributed by atoms with Crippen molar-refractivity contribution in [3.8, 4) is 5.75 Å². The van der Waals surface area contributed by atoms with Crippen molar-refractivity contribution < 1.29 is 24.4 Å². The van der Waals surface area contributed by atoms with Crippen LogP contribution in [0.5, 0.6) is 5.75 Å². The summed E-state index contributed by atoms with van der Waals surface area (Å²) in [6, 6.07) is 5.16. The molecule has 0 bridgehead atoms. The molecule has 0 heterocycles. The highest BCUT2D eigenvalue weighted by Crippen LogP contribution is 2.16. The summed E-state index contributed by atoms with van der Waals surface area (Å²) in [6.45, 7) is 0.827. The Labute approximate surface area is 113 Å². The van der Waals surface area contributed by atoms with Crippen LogP contribution in [0.4, 0.5) is 5.69 Å². The van der Waals surface area contributed by atoms with E-state index in [1.54, 1.807) is 0 Å². The quantitative estimate of drug-likeness (QED) is 0.444. The van der Waals surface area contributed by atoms with Gasteiger partial charge in [0.2, 0.25) is 0 Å². The number of rotatable bonds is 6. The summed E-state index contributed by atoms with van der Waals surface area (Å²) in [6.07, 6.45) is 0. The number of nitrogens with one attached hydrogen (secondary N) is 1. The Hall–Kier alpha value is -2.97. The number of carboxylic acid groups (broad SMARTS) is 1. The Balaban J connectivity index is 2.47. The van der Waals surface area contributed by atoms with E-state index in [-0.39, 0.29) is 17.1 Å². The Bertz CT molecular complexity index is 552. The Morgan fingerprint density at radius 1 is 1.40 bits per heavy atom. The van der Waals surface area contributed by atoms with Crippen molar-refractivity contribution in [3.63, 3.8) is 0 Å². The average Bonchev–Trinajstić information content (AvgIpc) is 2.42. The van der Waals surface area contributed by atoms with E-state index in [0.29, 0.717) is 0 Å². The molecule has 20 heavy (non-hydrogen) atoms. The van der Waals surface area contributed by atoms with Gasteiger partial charge in [-0.3, -0.25) is 14.9 Å². The SMILES string of the molecule is C/C(=N/NC(=O)COc1ccc([N+](=O)[O-])cc1)C(=O)O. The van der Waals surface area contributed by atoms with Gasteiger partial charge in [0, 0.05) is 12.1 Å². The predicted molar refractivity (Wildman–Crippen MR) is 67.5 cm³/mol. The third-order valence-corrected chi connectivity index (χ3v) is 2.08. The molecule has 0 aliphatic carbocycles. The van der Waals surface area contributed by atoms with E-state index in [9.17, 15) is 19.7 Å². The van der Waals surface area contributed by atoms with E-state index in [1.807, 2.05) is 5.43 Å². The summed E-state index contributed by atoms with van der Waals surface area (Å²) in [5.74, 6) is -1.63. The van der Waals surface area contributed by atoms with Gasteiger partial charge in [-0.15, -0.1) is 0 Å². The van der Waals surface area contributed by atoms with Crippen molar-refractivity contribution in [1.82, 2.24) is 5.43 Å². The number of aliphatic carboxylic acids is 1. The first-order valence-electron chi connectivity index (χ1n) is 5.34. The lowest BCUT2D eigenvalue weighted by Gasteiger charge is -2.04. The summed E-state index contributed by atoms with van der Waals surface area (Å²) in [5, 5.41) is 22.2. The highest BCUT2D eigenvalue weighted by Gasteiger charge is 2.07. The summed E-state index contributed by atoms with van der Waals surface area (Å²) in [4.78, 5) is 31.5. The minimum Gasteiger partial charge on any atom is -0.484 e. The lowest BCUT2D eigenvalue weighted by atomic mass is 10.3. The topological polar surface area (TPSA) is 131 Å². The van der Waals surface area contributed by atoms with Crippen molar-refractivity contribution in [2.75, 3.05) is 6.61 Å². The molecule has 0 fully saturated rings. The number of carbonyl (C=O) groups excluding carboxylic acids is 1. The van der Waals surface area contributed by atoms with Crippen molar-refractivity contribution in [2.45, 2.75) is 6.92 Å². The van der Waals surface area contributed by atoms with Crippen LogP contribution >= 0.6 is 0 Å². The number of hydrazone groups is 1. The van der Waals surface area contributed by atoms with E-state index in [2.05, 4.69) is 5.10 Å². The highest BCUT2D eigenvalue weighted by molar-refractivity contribution is 6.34. The molecule has 0 spiro atoms. The minimum atomic E-state index is -1.25. The zero-order chi connectivity index (χ0) is 15.1. The molecule has 0 aliphatic heterocycles. The number of carboxylic acids is 1. The average molecular weight is 281 g/mol. The first kappa shape index (κ1) is 15.1. The second kappa shape index (κ2) is 6.83. The monoisotopic (exact) mass is 281 g/mol. The number of nitro benzene ring substituents is 1. The van der Waals surface area contributed by atoms with Gasteiger partial charge in [0.1, 0.15) is 11.5 Å². The molecule has 1 rings (SSSR count). The van der Waals surface area contributed by atoms with Gasteiger partial charge in [-0.05, 0) is 19.1 Å². The predicted octanol–water partition coefficient (Wildman–Crippen LogP) is 0.550. The molecule has 9 heteroatoms. The van der Waals surface area contributed by atoms with E-state index in [1.165, 1.54) is 31.2 Å². The van der Waals surface area contributed by atoms with E-state index in [4.69, 9.17) is 9.84 Å². The second-order valence-corrected chi connectivity index (χ2v) is 3.58. The molecule has 1 amide bonds. The lowest BCUT2D eigenvalue weighted by Crippen LogP contribution is -2.26. The van der Waals surface area contributed by atoms with Crippen LogP contribution in [0.2, 0.25) is 0 Å². The smallest absolute Gasteiger partial charge is 0.351 e. The fourth-order valence-corrected chi connectivity index (χ4v) is 1.04. The summed E-state index contributed by atoms with van der Waals surface area (Å²) < 4.78 is 5.04. The van der Waals surface area contributed by atoms with Crippen LogP contribution < -0.4 is 10.2 Å². The first-order chi connectivity index (χ1) is 9.40. The molecule has 106 valence electrons. The standard InChI is InChI=1S/C11H11N3O6/c1-7(11(16)17)12-13-10(15)6-20-9-4-2-8(3-5-9)14(18)19/h2-5H,6H2,1H3,(H,13,15)(H,16,17)/b12-7-. The molecule has 1 aromatic rings. The van der Waals surface area contributed by atoms with Crippen LogP contribution in [0.1, 0.15) is 6.92 Å². The van der Waals surface area contributed by atoms with E-state index in [0.717, 1.165) is 0 Å². The van der Waals surface area contributed by atoms with Crippen LogP contribution in [0, 0.1) is 10.1 Å². The number of hydrogen-bond donors (Lipinski definition) is 2. The molecule has 0 saturated carbocycles. The molecular weight excluding hydrogens is 270 g/mol. The van der Waals surface area contributed by atoms with Crippen molar-refractivity contribution in [1.29, 1.82) is 0 Å². The maximum atomic E-state index is 11.3. The first-order valence-corrected chi connectivity index (χ1v) is 5.34. The second-order valence-electron chi connectivity index (χ2n) is 3.58. The normalized spacial score (nSPS) is 10.8. The van der Waals surface area contributed by atoms with Gasteiger partial charge in [0.05, 0.1) is 4.92 Å². The molecule has 1 aromatic carbocycles. The van der Waals surface area contributed by atoms with Gasteiger partial charge in [-0.25, -0.2) is 10.2 Å². The maximum Gasteiger partial charge on any atom is 0.351 e. The molecule has 0 aliphatic rings. The third-order valence-electron chi connectivity index (χ3n) is 2.08. The summed E-state index contributed by atoms with van der Waals surface area (Å²) in [7, 11) is 0. The van der Waals surface area contributed by atoms with E-state index >= 15 is 0 Å². The molecule has 0 saturated heterocycles. The largest absolute Gasteiger partial charge is 0.484 e. The van der Waals surface area contributed by atoms with Gasteiger partial charge in [0.15, 0.2) is 6.61 Å². The molecule has 9 nitrogen and oxygen atoms in total. The van der Waals surface area contributed by atoms with Crippen molar-refractivity contribution in [3.05, 3.63) is 34.4 Å². The minimum absolute atomic E-state index is 0.0940. The number of hydrogen-bond acceptors (Lipinski definition) is 6. The van der Waals surface area contributed by atoms with Gasteiger partial charge in [-0.2, -0.15) is 5.10 Å². The van der Waals surface area contributed by atoms with E-state index < -0.39 is 23.4 Å². The molecule has 0 unspecified atom stereocenters. The molecule has 0 radical (unpaired) electrons. The number of amides is 1. The van der Waals surface area contributed by atoms with Crippen LogP contribution in [-0.4, -0.2) is 34.2 Å². The zero-order valence-electron chi connectivity index (χ0n) is 10.4. The van der Waals surface area contributed by atoms with Gasteiger partial charge < -0.3 is 9.84 Å². The number of nitro groups is 1. The zero-order valence-corrected chi connectivity index (χ0v) is 10.4. The van der Waals surface area contributed by atoms with Crippen molar-refractivity contribution in [2.24, 2.45) is 5.10 Å². The maximum absolute atomic E-state index is 11.3. The van der Waals surface area contributed by atoms with Crippen LogP contribution in [-0.2, 0) is 9.59 Å². The number of benzene rings is 1. The summed E-state index contributed by atoms with van der Waals surface area (Å²) in [5.41, 5.74) is 1.63. The lowest BCUT2D eigenvalue weighted by molar-refractivity contribution is -0.384. The van der Waals surface area contributed by atoms with Crippen molar-refractivity contribution >= 4 is 23.3 Å². The van der Waals surface area contributed by atoms with Gasteiger partial charge in [-0.1, -0.05) is 0 Å². The van der Waals surface area contributed by atoms with Crippen LogP contribution in [0.15, 0.2) is 29.4 Å². The number of ether oxygens (including phenoxy) is 1. The molecule has 0 atom stereocenters. The van der Waals surface area contributed by atoms with Gasteiger partial charge >= 0.3 is 5.97 Å². The number of non-ortho nitro benzene ring substituents is 1. The molecule has 2 N–H and O–H groups in total. The van der Waals surface area contributed by atoms with Crippen LogP contribution in [0.3, 0.4) is 0 Å². The fourth-order valence-electron chi connectivity index (χ4n) is 1.04. The Morgan fingerprint density at radius 3 is 2.50 bits per heavy atom. The Kier molecular flexibility index (Phi) is 5.15. The third kappa shape index (κ3) is 4.72. The highest BCUT2D eigenvalue weighted by atomic mass is 16.6. The summed E-state index contributed by atoms with van der Waals surface area (Å²) >= 11 is 0. The Morgan fingerprint density at radius 2 is 2.00 bits per heavy atom.